The Bertz CT molecular complexity index is 573. The molecule has 98 valence electrons. The average molecular weight is 258 g/mol. The second-order valence-corrected chi connectivity index (χ2v) is 4.36. The number of Topliss-reactive ketones (excluding diaryl/α,β-unsaturated/α-hetero) is 1. The molecule has 0 bridgehead atoms. The second-order valence-electron chi connectivity index (χ2n) is 4.36. The molecule has 2 rings (SSSR count). The van der Waals surface area contributed by atoms with Crippen LogP contribution in [-0.4, -0.2) is 26.4 Å². The number of carboxylic acids is 1. The smallest absolute Gasteiger partial charge is 0.327 e. The van der Waals surface area contributed by atoms with Gasteiger partial charge in [-0.05, 0) is 6.92 Å². The zero-order chi connectivity index (χ0) is 13.8. The summed E-state index contributed by atoms with van der Waals surface area (Å²) in [5.74, 6) is -1.24. The summed E-state index contributed by atoms with van der Waals surface area (Å²) in [7, 11) is 0. The van der Waals surface area contributed by atoms with E-state index in [1.54, 1.807) is 18.3 Å². The maximum Gasteiger partial charge on any atom is 0.327 e. The lowest BCUT2D eigenvalue weighted by Gasteiger charge is -2.12. The number of ketones is 1. The van der Waals surface area contributed by atoms with Gasteiger partial charge >= 0.3 is 5.97 Å². The van der Waals surface area contributed by atoms with Crippen LogP contribution in [0.2, 0.25) is 0 Å². The minimum atomic E-state index is -1.04. The molecule has 0 saturated heterocycles. The molecule has 1 heterocycles. The third-order valence-corrected chi connectivity index (χ3v) is 2.92. The number of rotatable bonds is 5. The van der Waals surface area contributed by atoms with E-state index in [2.05, 4.69) is 4.98 Å². The first-order chi connectivity index (χ1) is 9.08. The zero-order valence-electron chi connectivity index (χ0n) is 10.5. The number of aliphatic carboxylic acids is 1. The third-order valence-electron chi connectivity index (χ3n) is 2.92. The highest BCUT2D eigenvalue weighted by Crippen LogP contribution is 2.16. The van der Waals surface area contributed by atoms with Crippen LogP contribution in [0.4, 0.5) is 0 Å². The van der Waals surface area contributed by atoms with Gasteiger partial charge in [0.2, 0.25) is 0 Å². The van der Waals surface area contributed by atoms with Crippen LogP contribution in [-0.2, 0) is 4.79 Å². The molecule has 19 heavy (non-hydrogen) atoms. The Morgan fingerprint density at radius 1 is 1.32 bits per heavy atom. The van der Waals surface area contributed by atoms with Crippen molar-refractivity contribution < 1.29 is 14.7 Å². The van der Waals surface area contributed by atoms with Crippen LogP contribution in [0.1, 0.15) is 28.4 Å². The molecule has 5 nitrogen and oxygen atoms in total. The second kappa shape index (κ2) is 5.48. The highest BCUT2D eigenvalue weighted by Gasteiger charge is 2.23. The van der Waals surface area contributed by atoms with Crippen molar-refractivity contribution in [2.75, 3.05) is 0 Å². The minimum absolute atomic E-state index is 0.0885. The summed E-state index contributed by atoms with van der Waals surface area (Å²) in [5.41, 5.74) is 1.58. The number of nitrogens with zero attached hydrogens (tertiary/aromatic N) is 2. The normalized spacial score (nSPS) is 12.1. The standard InChI is InChI=1S/C14H14N2O3/c1-10-2-4-11(5-3-10)13(17)8-12(14(18)19)16-7-6-15-9-16/h2-7,9,12H,8H2,1H3,(H,18,19)/t12-/m1/s1. The van der Waals surface area contributed by atoms with Gasteiger partial charge in [-0.15, -0.1) is 0 Å². The molecule has 5 heteroatoms. The summed E-state index contributed by atoms with van der Waals surface area (Å²) in [4.78, 5) is 27.1. The Hall–Kier alpha value is -2.43. The van der Waals surface area contributed by atoms with Crippen LogP contribution < -0.4 is 0 Å². The van der Waals surface area contributed by atoms with Gasteiger partial charge in [0.25, 0.3) is 0 Å². The zero-order valence-corrected chi connectivity index (χ0v) is 10.5. The molecule has 0 aliphatic heterocycles. The summed E-state index contributed by atoms with van der Waals surface area (Å²) in [6, 6.07) is 6.17. The third kappa shape index (κ3) is 3.07. The molecular weight excluding hydrogens is 244 g/mol. The van der Waals surface area contributed by atoms with Gasteiger partial charge in [-0.2, -0.15) is 0 Å². The van der Waals surface area contributed by atoms with Crippen molar-refractivity contribution in [1.29, 1.82) is 0 Å². The lowest BCUT2D eigenvalue weighted by atomic mass is 10.0. The topological polar surface area (TPSA) is 72.2 Å². The van der Waals surface area contributed by atoms with Crippen molar-refractivity contribution in [3.63, 3.8) is 0 Å². The van der Waals surface area contributed by atoms with Crippen molar-refractivity contribution >= 4 is 11.8 Å². The fourth-order valence-corrected chi connectivity index (χ4v) is 1.81. The van der Waals surface area contributed by atoms with E-state index in [9.17, 15) is 14.7 Å². The Morgan fingerprint density at radius 2 is 2.00 bits per heavy atom. The Balaban J connectivity index is 2.16. The molecule has 0 fully saturated rings. The molecule has 0 aliphatic carbocycles. The summed E-state index contributed by atoms with van der Waals surface area (Å²) in [6.45, 7) is 1.93. The van der Waals surface area contributed by atoms with Crippen molar-refractivity contribution in [3.05, 3.63) is 54.1 Å². The number of carbonyl (C=O) groups is 2. The summed E-state index contributed by atoms with van der Waals surface area (Å²) < 4.78 is 1.43. The molecule has 1 aromatic carbocycles. The molecule has 0 spiro atoms. The lowest BCUT2D eigenvalue weighted by Crippen LogP contribution is -2.21. The SMILES string of the molecule is Cc1ccc(C(=O)C[C@H](C(=O)O)n2ccnc2)cc1. The van der Waals surface area contributed by atoms with Gasteiger partial charge in [0.1, 0.15) is 6.04 Å². The number of aromatic nitrogens is 2. The van der Waals surface area contributed by atoms with E-state index in [1.807, 2.05) is 19.1 Å². The van der Waals surface area contributed by atoms with Gasteiger partial charge < -0.3 is 9.67 Å². The fraction of sp³-hybridized carbons (Fsp3) is 0.214. The molecule has 0 radical (unpaired) electrons. The number of carbonyl (C=O) groups excluding carboxylic acids is 1. The van der Waals surface area contributed by atoms with E-state index in [4.69, 9.17) is 0 Å². The summed E-state index contributed by atoms with van der Waals surface area (Å²) >= 11 is 0. The molecule has 1 aromatic heterocycles. The van der Waals surface area contributed by atoms with Crippen molar-refractivity contribution in [2.45, 2.75) is 19.4 Å². The number of hydrogen-bond acceptors (Lipinski definition) is 3. The van der Waals surface area contributed by atoms with E-state index in [0.29, 0.717) is 5.56 Å². The Kier molecular flexibility index (Phi) is 3.75. The van der Waals surface area contributed by atoms with Gasteiger partial charge in [-0.1, -0.05) is 29.8 Å². The largest absolute Gasteiger partial charge is 0.480 e. The van der Waals surface area contributed by atoms with Crippen LogP contribution in [0.5, 0.6) is 0 Å². The molecule has 1 atom stereocenters. The van der Waals surface area contributed by atoms with Crippen molar-refractivity contribution in [1.82, 2.24) is 9.55 Å². The molecule has 0 amide bonds. The number of aryl methyl sites for hydroxylation is 1. The van der Waals surface area contributed by atoms with E-state index in [-0.39, 0.29) is 12.2 Å². The average Bonchev–Trinajstić information content (AvgIpc) is 2.89. The Morgan fingerprint density at radius 3 is 2.53 bits per heavy atom. The van der Waals surface area contributed by atoms with E-state index in [1.165, 1.54) is 17.1 Å². The molecule has 0 saturated carbocycles. The first-order valence-corrected chi connectivity index (χ1v) is 5.88. The predicted molar refractivity (Wildman–Crippen MR) is 69.0 cm³/mol. The van der Waals surface area contributed by atoms with E-state index >= 15 is 0 Å². The first kappa shape index (κ1) is 13.0. The van der Waals surface area contributed by atoms with Gasteiger partial charge in [0.15, 0.2) is 5.78 Å². The van der Waals surface area contributed by atoms with Crippen molar-refractivity contribution in [2.24, 2.45) is 0 Å². The quantitative estimate of drug-likeness (QED) is 0.833. The van der Waals surface area contributed by atoms with Crippen molar-refractivity contribution in [3.8, 4) is 0 Å². The molecule has 0 aliphatic rings. The number of carboxylic acid groups (broad SMARTS) is 1. The van der Waals surface area contributed by atoms with Crippen LogP contribution >= 0.6 is 0 Å². The van der Waals surface area contributed by atoms with E-state index in [0.717, 1.165) is 5.56 Å². The van der Waals surface area contributed by atoms with Crippen LogP contribution in [0.3, 0.4) is 0 Å². The lowest BCUT2D eigenvalue weighted by molar-refractivity contribution is -0.140. The maximum absolute atomic E-state index is 12.1. The monoisotopic (exact) mass is 258 g/mol. The van der Waals surface area contributed by atoms with E-state index < -0.39 is 12.0 Å². The Labute approximate surface area is 110 Å². The first-order valence-electron chi connectivity index (χ1n) is 5.88. The number of benzene rings is 1. The summed E-state index contributed by atoms with van der Waals surface area (Å²) in [6.07, 6.45) is 4.35. The fourth-order valence-electron chi connectivity index (χ4n) is 1.81. The molecular formula is C14H14N2O3. The van der Waals surface area contributed by atoms with Crippen LogP contribution in [0.15, 0.2) is 43.0 Å². The van der Waals surface area contributed by atoms with Gasteiger partial charge in [0, 0.05) is 24.4 Å². The number of imidazole rings is 1. The van der Waals surface area contributed by atoms with Crippen LogP contribution in [0.25, 0.3) is 0 Å². The predicted octanol–water partition coefficient (Wildman–Crippen LogP) is 2.09. The number of hydrogen-bond donors (Lipinski definition) is 1. The summed E-state index contributed by atoms with van der Waals surface area (Å²) in [5, 5.41) is 9.18. The van der Waals surface area contributed by atoms with Gasteiger partial charge in [-0.3, -0.25) is 4.79 Å². The highest BCUT2D eigenvalue weighted by molar-refractivity contribution is 5.98. The van der Waals surface area contributed by atoms with Gasteiger partial charge in [0.05, 0.1) is 6.33 Å². The van der Waals surface area contributed by atoms with Crippen LogP contribution in [0, 0.1) is 6.92 Å². The molecule has 1 N–H and O–H groups in total. The van der Waals surface area contributed by atoms with Gasteiger partial charge in [-0.25, -0.2) is 9.78 Å². The molecule has 2 aromatic rings. The molecule has 0 unspecified atom stereocenters. The minimum Gasteiger partial charge on any atom is -0.480 e. The maximum atomic E-state index is 12.1. The highest BCUT2D eigenvalue weighted by atomic mass is 16.4.